The lowest BCUT2D eigenvalue weighted by Crippen LogP contribution is -2.13. The molecule has 0 atom stereocenters. The minimum atomic E-state index is -0.105. The topological polar surface area (TPSA) is 52.9 Å². The fourth-order valence-electron chi connectivity index (χ4n) is 1.34. The van der Waals surface area contributed by atoms with Gasteiger partial charge in [-0.2, -0.15) is 5.26 Å². The van der Waals surface area contributed by atoms with Crippen molar-refractivity contribution in [3.8, 4) is 6.07 Å². The first kappa shape index (κ1) is 14.1. The Morgan fingerprint density at radius 1 is 1.37 bits per heavy atom. The molecule has 0 radical (unpaired) electrons. The molecule has 1 N–H and O–H groups in total. The number of nitrogens with zero attached hydrogens (tertiary/aromatic N) is 1. The quantitative estimate of drug-likeness (QED) is 0.842. The van der Waals surface area contributed by atoms with Gasteiger partial charge < -0.3 is 5.32 Å². The van der Waals surface area contributed by atoms with Gasteiger partial charge in [0.15, 0.2) is 0 Å². The summed E-state index contributed by atoms with van der Waals surface area (Å²) in [6.45, 7) is 0. The minimum Gasteiger partial charge on any atom is -0.316 e. The van der Waals surface area contributed by atoms with Crippen LogP contribution in [0, 0.1) is 11.3 Å². The number of nitrogens with one attached hydrogen (secondary N) is 1. The number of benzene rings is 1. The molecule has 1 amide bonds. The highest BCUT2D eigenvalue weighted by molar-refractivity contribution is 9.10. The van der Waals surface area contributed by atoms with Crippen molar-refractivity contribution < 1.29 is 4.79 Å². The number of nitriles is 1. The van der Waals surface area contributed by atoms with Crippen molar-refractivity contribution in [3.05, 3.63) is 45.7 Å². The zero-order valence-corrected chi connectivity index (χ0v) is 12.9. The van der Waals surface area contributed by atoms with Crippen LogP contribution >= 0.6 is 39.0 Å². The maximum atomic E-state index is 11.8. The number of carbonyl (C=O) groups excluding carboxylic acids is 1. The van der Waals surface area contributed by atoms with Gasteiger partial charge in [0.1, 0.15) is 11.1 Å². The van der Waals surface area contributed by atoms with Gasteiger partial charge >= 0.3 is 0 Å². The highest BCUT2D eigenvalue weighted by Crippen LogP contribution is 2.24. The summed E-state index contributed by atoms with van der Waals surface area (Å²) < 4.78 is 1.01. The molecule has 0 aliphatic rings. The molecule has 1 heterocycles. The Morgan fingerprint density at radius 2 is 2.11 bits per heavy atom. The lowest BCUT2D eigenvalue weighted by atomic mass is 10.3. The van der Waals surface area contributed by atoms with Crippen LogP contribution in [0.3, 0.4) is 0 Å². The number of thioether (sulfide) groups is 1. The third kappa shape index (κ3) is 4.10. The normalized spacial score (nSPS) is 9.89. The van der Waals surface area contributed by atoms with Gasteiger partial charge in [0, 0.05) is 9.37 Å². The first-order valence-electron chi connectivity index (χ1n) is 5.35. The Bertz CT molecular complexity index is 616. The van der Waals surface area contributed by atoms with Crippen molar-refractivity contribution in [2.24, 2.45) is 0 Å². The van der Waals surface area contributed by atoms with E-state index in [1.54, 1.807) is 11.4 Å². The number of amides is 1. The molecular weight excluding hydrogens is 344 g/mol. The van der Waals surface area contributed by atoms with Crippen molar-refractivity contribution in [3.63, 3.8) is 0 Å². The molecule has 0 spiro atoms. The molecule has 3 nitrogen and oxygen atoms in total. The predicted molar refractivity (Wildman–Crippen MR) is 82.5 cm³/mol. The molecule has 0 bridgehead atoms. The second kappa shape index (κ2) is 6.75. The number of halogens is 1. The Kier molecular flexibility index (Phi) is 5.02. The number of carbonyl (C=O) groups is 1. The van der Waals surface area contributed by atoms with E-state index in [1.165, 1.54) is 23.1 Å². The van der Waals surface area contributed by atoms with E-state index in [1.807, 2.05) is 30.3 Å². The summed E-state index contributed by atoms with van der Waals surface area (Å²) in [5.41, 5.74) is 0.506. The second-order valence-corrected chi connectivity index (χ2v) is 6.45. The van der Waals surface area contributed by atoms with E-state index in [0.717, 1.165) is 9.37 Å². The van der Waals surface area contributed by atoms with Gasteiger partial charge in [-0.1, -0.05) is 15.9 Å². The Hall–Kier alpha value is -1.29. The van der Waals surface area contributed by atoms with Crippen molar-refractivity contribution in [1.82, 2.24) is 0 Å². The van der Waals surface area contributed by atoms with Gasteiger partial charge in [0.05, 0.1) is 11.3 Å². The largest absolute Gasteiger partial charge is 0.316 e. The van der Waals surface area contributed by atoms with E-state index in [9.17, 15) is 4.79 Å². The molecule has 1 aromatic carbocycles. The zero-order valence-electron chi connectivity index (χ0n) is 9.72. The van der Waals surface area contributed by atoms with Gasteiger partial charge in [-0.3, -0.25) is 4.79 Å². The number of hydrogen-bond acceptors (Lipinski definition) is 4. The maximum absolute atomic E-state index is 11.8. The highest BCUT2D eigenvalue weighted by Gasteiger charge is 2.08. The zero-order chi connectivity index (χ0) is 13.7. The van der Waals surface area contributed by atoms with Crippen LogP contribution in [0.2, 0.25) is 0 Å². The van der Waals surface area contributed by atoms with Crippen molar-refractivity contribution in [2.75, 3.05) is 11.1 Å². The highest BCUT2D eigenvalue weighted by atomic mass is 79.9. The molecule has 96 valence electrons. The van der Waals surface area contributed by atoms with Gasteiger partial charge in [-0.25, -0.2) is 0 Å². The third-order valence-corrected chi connectivity index (χ3v) is 4.59. The molecule has 0 unspecified atom stereocenters. The summed E-state index contributed by atoms with van der Waals surface area (Å²) in [7, 11) is 0. The molecule has 6 heteroatoms. The molecule has 0 aliphatic carbocycles. The summed E-state index contributed by atoms with van der Waals surface area (Å²) >= 11 is 6.18. The summed E-state index contributed by atoms with van der Waals surface area (Å²) in [4.78, 5) is 12.8. The smallest absolute Gasteiger partial charge is 0.235 e. The number of thiophene rings is 1. The maximum Gasteiger partial charge on any atom is 0.235 e. The van der Waals surface area contributed by atoms with Crippen LogP contribution in [0.4, 0.5) is 5.00 Å². The van der Waals surface area contributed by atoms with Crippen LogP contribution in [-0.2, 0) is 4.79 Å². The van der Waals surface area contributed by atoms with Crippen LogP contribution in [0.25, 0.3) is 0 Å². The second-order valence-electron chi connectivity index (χ2n) is 3.57. The summed E-state index contributed by atoms with van der Waals surface area (Å²) in [5.74, 6) is 0.219. The summed E-state index contributed by atoms with van der Waals surface area (Å²) in [6, 6.07) is 11.5. The molecule has 19 heavy (non-hydrogen) atoms. The third-order valence-electron chi connectivity index (χ3n) is 2.22. The molecule has 0 saturated heterocycles. The fourth-order valence-corrected chi connectivity index (χ4v) is 3.05. The molecule has 2 aromatic rings. The van der Waals surface area contributed by atoms with E-state index in [-0.39, 0.29) is 5.91 Å². The molecule has 0 aliphatic heterocycles. The monoisotopic (exact) mass is 352 g/mol. The minimum absolute atomic E-state index is 0.105. The summed E-state index contributed by atoms with van der Waals surface area (Å²) in [6.07, 6.45) is 0. The lowest BCUT2D eigenvalue weighted by Gasteiger charge is -2.03. The average molecular weight is 353 g/mol. The van der Waals surface area contributed by atoms with Gasteiger partial charge in [0.25, 0.3) is 0 Å². The van der Waals surface area contributed by atoms with E-state index in [2.05, 4.69) is 21.2 Å². The van der Waals surface area contributed by atoms with Crippen molar-refractivity contribution in [2.45, 2.75) is 4.90 Å². The molecule has 0 fully saturated rings. The number of rotatable bonds is 4. The standard InChI is InChI=1S/C13H9BrN2OS2/c14-10-1-3-11(4-2-10)19-8-12(17)16-13-9(7-15)5-6-18-13/h1-6H,8H2,(H,16,17). The van der Waals surface area contributed by atoms with E-state index < -0.39 is 0 Å². The number of anilines is 1. The Balaban J connectivity index is 1.89. The molecule has 0 saturated carbocycles. The van der Waals surface area contributed by atoms with Gasteiger partial charge in [0.2, 0.25) is 5.91 Å². The van der Waals surface area contributed by atoms with Crippen molar-refractivity contribution in [1.29, 1.82) is 5.26 Å². The Morgan fingerprint density at radius 3 is 2.79 bits per heavy atom. The van der Waals surface area contributed by atoms with Crippen LogP contribution in [0.1, 0.15) is 5.56 Å². The van der Waals surface area contributed by atoms with E-state index in [0.29, 0.717) is 16.3 Å². The number of hydrogen-bond donors (Lipinski definition) is 1. The fraction of sp³-hybridized carbons (Fsp3) is 0.0769. The van der Waals surface area contributed by atoms with Crippen LogP contribution < -0.4 is 5.32 Å². The van der Waals surface area contributed by atoms with Gasteiger partial charge in [-0.15, -0.1) is 23.1 Å². The van der Waals surface area contributed by atoms with Crippen molar-refractivity contribution >= 4 is 49.9 Å². The summed E-state index contributed by atoms with van der Waals surface area (Å²) in [5, 5.41) is 14.0. The molecule has 2 rings (SSSR count). The van der Waals surface area contributed by atoms with Gasteiger partial charge in [-0.05, 0) is 35.7 Å². The first-order valence-corrected chi connectivity index (χ1v) is 8.00. The van der Waals surface area contributed by atoms with E-state index in [4.69, 9.17) is 5.26 Å². The first-order chi connectivity index (χ1) is 9.19. The van der Waals surface area contributed by atoms with Crippen LogP contribution in [-0.4, -0.2) is 11.7 Å². The van der Waals surface area contributed by atoms with Crippen LogP contribution in [0.15, 0.2) is 45.1 Å². The van der Waals surface area contributed by atoms with E-state index >= 15 is 0 Å². The van der Waals surface area contributed by atoms with Crippen LogP contribution in [0.5, 0.6) is 0 Å². The molecule has 1 aromatic heterocycles. The Labute approximate surface area is 127 Å². The molecular formula is C13H9BrN2OS2. The predicted octanol–water partition coefficient (Wildman–Crippen LogP) is 4.11. The SMILES string of the molecule is N#Cc1ccsc1NC(=O)CSc1ccc(Br)cc1. The lowest BCUT2D eigenvalue weighted by molar-refractivity contribution is -0.113. The average Bonchev–Trinajstić information content (AvgIpc) is 2.85.